The summed E-state index contributed by atoms with van der Waals surface area (Å²) < 4.78 is 5.77. The summed E-state index contributed by atoms with van der Waals surface area (Å²) in [6.07, 6.45) is 5.68. The molecule has 0 bridgehead atoms. The maximum atomic E-state index is 5.77. The van der Waals surface area contributed by atoms with Crippen LogP contribution in [0.15, 0.2) is 18.3 Å². The van der Waals surface area contributed by atoms with Crippen molar-refractivity contribution in [3.63, 3.8) is 0 Å². The fraction of sp³-hybridized carbons (Fsp3) is 0.643. The van der Waals surface area contributed by atoms with E-state index >= 15 is 0 Å². The molecule has 1 atom stereocenters. The van der Waals surface area contributed by atoms with Crippen molar-refractivity contribution < 1.29 is 4.74 Å². The van der Waals surface area contributed by atoms with E-state index in [2.05, 4.69) is 15.6 Å². The van der Waals surface area contributed by atoms with Gasteiger partial charge in [0, 0.05) is 18.8 Å². The van der Waals surface area contributed by atoms with Gasteiger partial charge in [-0.3, -0.25) is 0 Å². The van der Waals surface area contributed by atoms with Gasteiger partial charge in [-0.2, -0.15) is 0 Å². The third kappa shape index (κ3) is 3.88. The van der Waals surface area contributed by atoms with Crippen molar-refractivity contribution in [3.05, 3.63) is 18.3 Å². The van der Waals surface area contributed by atoms with Gasteiger partial charge in [0.1, 0.15) is 0 Å². The standard InChI is InChI=1S/C14H23N3O/c1-11(2)18-13-7-5-9-16-14(13)17-12-6-3-4-8-15-10-12/h5,7,9,11-12,15H,3-4,6,8,10H2,1-2H3,(H,16,17). The van der Waals surface area contributed by atoms with E-state index in [9.17, 15) is 0 Å². The van der Waals surface area contributed by atoms with Gasteiger partial charge >= 0.3 is 0 Å². The average Bonchev–Trinajstić information content (AvgIpc) is 2.60. The van der Waals surface area contributed by atoms with Crippen LogP contribution in [0.4, 0.5) is 5.82 Å². The van der Waals surface area contributed by atoms with Crippen molar-refractivity contribution in [1.82, 2.24) is 10.3 Å². The van der Waals surface area contributed by atoms with E-state index in [0.29, 0.717) is 6.04 Å². The highest BCUT2D eigenvalue weighted by Gasteiger charge is 2.14. The summed E-state index contributed by atoms with van der Waals surface area (Å²) in [5.41, 5.74) is 0. The third-order valence-corrected chi connectivity index (χ3v) is 3.02. The van der Waals surface area contributed by atoms with Crippen molar-refractivity contribution in [2.24, 2.45) is 0 Å². The highest BCUT2D eigenvalue weighted by atomic mass is 16.5. The van der Waals surface area contributed by atoms with Crippen molar-refractivity contribution in [2.45, 2.75) is 45.3 Å². The molecule has 0 spiro atoms. The second-order valence-corrected chi connectivity index (χ2v) is 5.06. The molecular formula is C14H23N3O. The van der Waals surface area contributed by atoms with Gasteiger partial charge in [0.2, 0.25) is 0 Å². The first-order chi connectivity index (χ1) is 8.75. The van der Waals surface area contributed by atoms with Gasteiger partial charge < -0.3 is 15.4 Å². The van der Waals surface area contributed by atoms with Gasteiger partial charge in [0.15, 0.2) is 11.6 Å². The van der Waals surface area contributed by atoms with E-state index in [1.54, 1.807) is 6.20 Å². The minimum atomic E-state index is 0.169. The number of pyridine rings is 1. The Balaban J connectivity index is 2.02. The lowest BCUT2D eigenvalue weighted by molar-refractivity contribution is 0.242. The highest BCUT2D eigenvalue weighted by Crippen LogP contribution is 2.23. The molecule has 1 unspecified atom stereocenters. The number of anilines is 1. The molecule has 1 aliphatic heterocycles. The molecule has 1 fully saturated rings. The Labute approximate surface area is 109 Å². The zero-order valence-electron chi connectivity index (χ0n) is 11.3. The van der Waals surface area contributed by atoms with E-state index in [-0.39, 0.29) is 6.10 Å². The SMILES string of the molecule is CC(C)Oc1cccnc1NC1CCCCNC1. The quantitative estimate of drug-likeness (QED) is 0.860. The van der Waals surface area contributed by atoms with Crippen LogP contribution in [0.25, 0.3) is 0 Å². The fourth-order valence-electron chi connectivity index (χ4n) is 2.18. The highest BCUT2D eigenvalue weighted by molar-refractivity contribution is 5.50. The summed E-state index contributed by atoms with van der Waals surface area (Å²) in [5.74, 6) is 1.71. The smallest absolute Gasteiger partial charge is 0.169 e. The predicted molar refractivity (Wildman–Crippen MR) is 74.1 cm³/mol. The number of nitrogens with zero attached hydrogens (tertiary/aromatic N) is 1. The maximum absolute atomic E-state index is 5.77. The summed E-state index contributed by atoms with van der Waals surface area (Å²) in [7, 11) is 0. The first-order valence-corrected chi connectivity index (χ1v) is 6.84. The average molecular weight is 249 g/mol. The lowest BCUT2D eigenvalue weighted by atomic mass is 10.1. The molecule has 2 N–H and O–H groups in total. The third-order valence-electron chi connectivity index (χ3n) is 3.02. The van der Waals surface area contributed by atoms with E-state index in [1.807, 2.05) is 26.0 Å². The molecule has 100 valence electrons. The Morgan fingerprint density at radius 3 is 3.17 bits per heavy atom. The van der Waals surface area contributed by atoms with Gasteiger partial charge in [-0.25, -0.2) is 4.98 Å². The monoisotopic (exact) mass is 249 g/mol. The molecule has 0 aliphatic carbocycles. The van der Waals surface area contributed by atoms with Crippen LogP contribution in [-0.2, 0) is 0 Å². The Kier molecular flexibility index (Phi) is 4.81. The van der Waals surface area contributed by atoms with E-state index in [1.165, 1.54) is 19.3 Å². The Bertz CT molecular complexity index is 360. The molecule has 1 saturated heterocycles. The van der Waals surface area contributed by atoms with Crippen LogP contribution in [0.5, 0.6) is 5.75 Å². The van der Waals surface area contributed by atoms with E-state index in [0.717, 1.165) is 24.7 Å². The van der Waals surface area contributed by atoms with E-state index < -0.39 is 0 Å². The molecule has 1 aliphatic rings. The summed E-state index contributed by atoms with van der Waals surface area (Å²) in [5, 5.41) is 6.94. The zero-order chi connectivity index (χ0) is 12.8. The molecule has 0 radical (unpaired) electrons. The van der Waals surface area contributed by atoms with Crippen LogP contribution in [0.3, 0.4) is 0 Å². The zero-order valence-corrected chi connectivity index (χ0v) is 11.3. The van der Waals surface area contributed by atoms with Crippen molar-refractivity contribution in [2.75, 3.05) is 18.4 Å². The summed E-state index contributed by atoms with van der Waals surface area (Å²) >= 11 is 0. The molecule has 2 heterocycles. The van der Waals surface area contributed by atoms with E-state index in [4.69, 9.17) is 4.74 Å². The van der Waals surface area contributed by atoms with Crippen LogP contribution in [0.1, 0.15) is 33.1 Å². The number of hydrogen-bond donors (Lipinski definition) is 2. The fourth-order valence-corrected chi connectivity index (χ4v) is 2.18. The minimum Gasteiger partial charge on any atom is -0.487 e. The molecule has 18 heavy (non-hydrogen) atoms. The predicted octanol–water partition coefficient (Wildman–Crippen LogP) is 2.42. The van der Waals surface area contributed by atoms with Crippen LogP contribution < -0.4 is 15.4 Å². The van der Waals surface area contributed by atoms with Crippen LogP contribution in [0.2, 0.25) is 0 Å². The van der Waals surface area contributed by atoms with Crippen LogP contribution in [-0.4, -0.2) is 30.2 Å². The molecule has 0 amide bonds. The number of aromatic nitrogens is 1. The number of nitrogens with one attached hydrogen (secondary N) is 2. The van der Waals surface area contributed by atoms with Gasteiger partial charge in [0.05, 0.1) is 6.10 Å². The molecular weight excluding hydrogens is 226 g/mol. The van der Waals surface area contributed by atoms with Crippen molar-refractivity contribution in [3.8, 4) is 5.75 Å². The molecule has 1 aromatic heterocycles. The Morgan fingerprint density at radius 2 is 2.33 bits per heavy atom. The van der Waals surface area contributed by atoms with Crippen LogP contribution >= 0.6 is 0 Å². The lowest BCUT2D eigenvalue weighted by Gasteiger charge is -2.20. The second-order valence-electron chi connectivity index (χ2n) is 5.06. The van der Waals surface area contributed by atoms with Crippen molar-refractivity contribution in [1.29, 1.82) is 0 Å². The second kappa shape index (κ2) is 6.59. The largest absolute Gasteiger partial charge is 0.487 e. The summed E-state index contributed by atoms with van der Waals surface area (Å²) in [4.78, 5) is 4.39. The Hall–Kier alpha value is -1.29. The minimum absolute atomic E-state index is 0.169. The molecule has 1 aromatic rings. The van der Waals surface area contributed by atoms with Gasteiger partial charge in [-0.05, 0) is 45.4 Å². The first kappa shape index (κ1) is 13.1. The number of ether oxygens (including phenoxy) is 1. The molecule has 2 rings (SSSR count). The topological polar surface area (TPSA) is 46.2 Å². The Morgan fingerprint density at radius 1 is 1.44 bits per heavy atom. The first-order valence-electron chi connectivity index (χ1n) is 6.84. The summed E-state index contributed by atoms with van der Waals surface area (Å²) in [6.45, 7) is 6.18. The number of rotatable bonds is 4. The van der Waals surface area contributed by atoms with Crippen LogP contribution in [0, 0.1) is 0 Å². The molecule has 0 saturated carbocycles. The molecule has 4 nitrogen and oxygen atoms in total. The maximum Gasteiger partial charge on any atom is 0.169 e. The van der Waals surface area contributed by atoms with Gasteiger partial charge in [-0.1, -0.05) is 6.42 Å². The molecule has 0 aromatic carbocycles. The molecule has 4 heteroatoms. The lowest BCUT2D eigenvalue weighted by Crippen LogP contribution is -2.31. The van der Waals surface area contributed by atoms with Gasteiger partial charge in [0.25, 0.3) is 0 Å². The summed E-state index contributed by atoms with van der Waals surface area (Å²) in [6, 6.07) is 4.32. The van der Waals surface area contributed by atoms with Gasteiger partial charge in [-0.15, -0.1) is 0 Å². The van der Waals surface area contributed by atoms with Crippen molar-refractivity contribution >= 4 is 5.82 Å². The normalized spacial score (nSPS) is 20.5. The number of hydrogen-bond acceptors (Lipinski definition) is 4.